The van der Waals surface area contributed by atoms with E-state index in [2.05, 4.69) is 30.0 Å². The van der Waals surface area contributed by atoms with E-state index in [0.717, 1.165) is 11.3 Å². The molecule has 0 N–H and O–H groups in total. The maximum atomic E-state index is 13.0. The van der Waals surface area contributed by atoms with Gasteiger partial charge in [0.25, 0.3) is 0 Å². The first-order valence-corrected chi connectivity index (χ1v) is 10.6. The quantitative estimate of drug-likeness (QED) is 0.630. The highest BCUT2D eigenvalue weighted by molar-refractivity contribution is 8.03. The Labute approximate surface area is 178 Å². The van der Waals surface area contributed by atoms with Crippen molar-refractivity contribution in [2.45, 2.75) is 19.3 Å². The van der Waals surface area contributed by atoms with Gasteiger partial charge in [0.1, 0.15) is 0 Å². The Balaban J connectivity index is 1.73. The van der Waals surface area contributed by atoms with Crippen molar-refractivity contribution in [2.24, 2.45) is 0 Å². The number of thioether (sulfide) groups is 1. The smallest absolute Gasteiger partial charge is 0.229 e. The van der Waals surface area contributed by atoms with Gasteiger partial charge in [0.15, 0.2) is 0 Å². The molecule has 2 heterocycles. The molecule has 0 saturated carbocycles. The summed E-state index contributed by atoms with van der Waals surface area (Å²) in [5, 5.41) is 11.6. The zero-order valence-electron chi connectivity index (χ0n) is 15.2. The monoisotopic (exact) mass is 429 g/mol. The van der Waals surface area contributed by atoms with Crippen molar-refractivity contribution in [3.05, 3.63) is 74.2 Å². The van der Waals surface area contributed by atoms with Crippen molar-refractivity contribution >= 4 is 46.6 Å². The van der Waals surface area contributed by atoms with Crippen LogP contribution in [0, 0.1) is 18.3 Å². The van der Waals surface area contributed by atoms with Crippen LogP contribution in [0.5, 0.6) is 0 Å². The molecule has 7 heteroatoms. The fourth-order valence-corrected chi connectivity index (χ4v) is 5.54. The largest absolute Gasteiger partial charge is 0.343 e. The van der Waals surface area contributed by atoms with Gasteiger partial charge in [-0.15, -0.1) is 0 Å². The SMILES string of the molecule is Cc1ccccc1N1CSC2=C(C#N)[C@@H](c3c(Cl)cccc3Cl)CC(=O)N2C1. The standard InChI is InChI=1S/C21H17Cl2N3OS/c1-13-5-2-3-8-18(13)25-11-26-19(27)9-14(15(10-24)21(26)28-12-25)20-16(22)6-4-7-17(20)23/h2-8,14H,9,11-12H2,1H3/t14-/m0/s1. The first-order valence-electron chi connectivity index (χ1n) is 8.83. The van der Waals surface area contributed by atoms with Crippen LogP contribution in [0.15, 0.2) is 53.1 Å². The van der Waals surface area contributed by atoms with Crippen molar-refractivity contribution in [3.8, 4) is 6.07 Å². The Morgan fingerprint density at radius 3 is 2.54 bits per heavy atom. The molecule has 0 unspecified atom stereocenters. The molecule has 0 bridgehead atoms. The average Bonchev–Trinajstić information content (AvgIpc) is 2.68. The van der Waals surface area contributed by atoms with Crippen molar-refractivity contribution < 1.29 is 4.79 Å². The van der Waals surface area contributed by atoms with Crippen molar-refractivity contribution in [3.63, 3.8) is 0 Å². The number of nitriles is 1. The van der Waals surface area contributed by atoms with Crippen LogP contribution in [0.1, 0.15) is 23.5 Å². The second kappa shape index (κ2) is 7.71. The van der Waals surface area contributed by atoms with Gasteiger partial charge in [-0.2, -0.15) is 5.26 Å². The van der Waals surface area contributed by atoms with Crippen LogP contribution < -0.4 is 4.90 Å². The number of allylic oxidation sites excluding steroid dienone is 1. The maximum absolute atomic E-state index is 13.0. The molecule has 2 aliphatic heterocycles. The highest BCUT2D eigenvalue weighted by atomic mass is 35.5. The lowest BCUT2D eigenvalue weighted by Gasteiger charge is -2.42. The van der Waals surface area contributed by atoms with Crippen molar-refractivity contribution in [2.75, 3.05) is 17.4 Å². The van der Waals surface area contributed by atoms with Crippen LogP contribution in [0.4, 0.5) is 5.69 Å². The normalized spacial score (nSPS) is 19.5. The lowest BCUT2D eigenvalue weighted by Crippen LogP contribution is -2.47. The number of carbonyl (C=O) groups excluding carboxylic acids is 1. The molecule has 0 aromatic heterocycles. The molecule has 28 heavy (non-hydrogen) atoms. The highest BCUT2D eigenvalue weighted by Gasteiger charge is 2.39. The number of rotatable bonds is 2. The van der Waals surface area contributed by atoms with Crippen LogP contribution >= 0.6 is 35.0 Å². The molecule has 1 fully saturated rings. The molecular weight excluding hydrogens is 413 g/mol. The summed E-state index contributed by atoms with van der Waals surface area (Å²) in [7, 11) is 0. The molecule has 2 aromatic rings. The molecule has 1 amide bonds. The number of halogens is 2. The van der Waals surface area contributed by atoms with E-state index in [4.69, 9.17) is 23.2 Å². The van der Waals surface area contributed by atoms with Crippen molar-refractivity contribution in [1.29, 1.82) is 5.26 Å². The van der Waals surface area contributed by atoms with Gasteiger partial charge in [0.2, 0.25) is 5.91 Å². The molecule has 0 spiro atoms. The molecular formula is C21H17Cl2N3OS. The number of nitrogens with zero attached hydrogens (tertiary/aromatic N) is 3. The van der Waals surface area contributed by atoms with Gasteiger partial charge >= 0.3 is 0 Å². The molecule has 0 aliphatic carbocycles. The van der Waals surface area contributed by atoms with Gasteiger partial charge in [-0.05, 0) is 36.2 Å². The molecule has 1 atom stereocenters. The van der Waals surface area contributed by atoms with Crippen LogP contribution in [0.2, 0.25) is 10.0 Å². The Kier molecular flexibility index (Phi) is 5.29. The van der Waals surface area contributed by atoms with E-state index in [1.807, 2.05) is 12.1 Å². The summed E-state index contributed by atoms with van der Waals surface area (Å²) in [6.45, 7) is 2.49. The van der Waals surface area contributed by atoms with Gasteiger partial charge in [-0.1, -0.05) is 59.2 Å². The molecule has 0 radical (unpaired) electrons. The number of amides is 1. The number of hydrogen-bond acceptors (Lipinski definition) is 4. The predicted octanol–water partition coefficient (Wildman–Crippen LogP) is 5.52. The minimum atomic E-state index is -0.414. The zero-order chi connectivity index (χ0) is 19.8. The number of benzene rings is 2. The van der Waals surface area contributed by atoms with E-state index < -0.39 is 5.92 Å². The third-order valence-electron chi connectivity index (χ3n) is 5.10. The van der Waals surface area contributed by atoms with Crippen LogP contribution in [-0.4, -0.2) is 23.4 Å². The summed E-state index contributed by atoms with van der Waals surface area (Å²) in [5.41, 5.74) is 3.46. The third-order valence-corrected chi connectivity index (χ3v) is 6.91. The van der Waals surface area contributed by atoms with Crippen LogP contribution in [0.25, 0.3) is 0 Å². The van der Waals surface area contributed by atoms with E-state index in [1.54, 1.807) is 23.1 Å². The first kappa shape index (κ1) is 19.2. The summed E-state index contributed by atoms with van der Waals surface area (Å²) >= 11 is 14.3. The Morgan fingerprint density at radius 2 is 1.86 bits per heavy atom. The van der Waals surface area contributed by atoms with E-state index in [-0.39, 0.29) is 12.3 Å². The molecule has 142 valence electrons. The minimum Gasteiger partial charge on any atom is -0.343 e. The number of fused-ring (bicyclic) bond motifs is 1. The molecule has 4 rings (SSSR count). The molecule has 2 aliphatic rings. The summed E-state index contributed by atoms with van der Waals surface area (Å²) in [4.78, 5) is 16.9. The summed E-state index contributed by atoms with van der Waals surface area (Å²) in [5.74, 6) is 0.223. The lowest BCUT2D eigenvalue weighted by molar-refractivity contribution is -0.129. The van der Waals surface area contributed by atoms with Gasteiger partial charge in [-0.3, -0.25) is 9.69 Å². The summed E-state index contributed by atoms with van der Waals surface area (Å²) in [6.07, 6.45) is 0.179. The Hall–Kier alpha value is -2.13. The first-order chi connectivity index (χ1) is 13.5. The second-order valence-corrected chi connectivity index (χ2v) is 8.53. The number of aryl methyl sites for hydroxylation is 1. The fraction of sp³-hybridized carbons (Fsp3) is 0.238. The molecule has 2 aromatic carbocycles. The zero-order valence-corrected chi connectivity index (χ0v) is 17.5. The van der Waals surface area contributed by atoms with Gasteiger partial charge in [-0.25, -0.2) is 0 Å². The minimum absolute atomic E-state index is 0.0271. The topological polar surface area (TPSA) is 47.3 Å². The van der Waals surface area contributed by atoms with Gasteiger partial charge < -0.3 is 4.90 Å². The molecule has 4 nitrogen and oxygen atoms in total. The summed E-state index contributed by atoms with van der Waals surface area (Å²) < 4.78 is 0. The maximum Gasteiger partial charge on any atom is 0.229 e. The molecule has 1 saturated heterocycles. The van der Waals surface area contributed by atoms with Crippen molar-refractivity contribution in [1.82, 2.24) is 4.90 Å². The third kappa shape index (κ3) is 3.26. The van der Waals surface area contributed by atoms with E-state index in [0.29, 0.717) is 38.8 Å². The fourth-order valence-electron chi connectivity index (χ4n) is 3.72. The number of carbonyl (C=O) groups is 1. The number of anilines is 1. The predicted molar refractivity (Wildman–Crippen MR) is 114 cm³/mol. The number of para-hydroxylation sites is 1. The average molecular weight is 430 g/mol. The Morgan fingerprint density at radius 1 is 1.14 bits per heavy atom. The van der Waals surface area contributed by atoms with E-state index >= 15 is 0 Å². The van der Waals surface area contributed by atoms with Gasteiger partial charge in [0, 0.05) is 28.1 Å². The number of hydrogen-bond donors (Lipinski definition) is 0. The summed E-state index contributed by atoms with van der Waals surface area (Å²) in [6, 6.07) is 15.7. The highest BCUT2D eigenvalue weighted by Crippen LogP contribution is 2.46. The van der Waals surface area contributed by atoms with Gasteiger partial charge in [0.05, 0.1) is 29.2 Å². The van der Waals surface area contributed by atoms with E-state index in [9.17, 15) is 10.1 Å². The lowest BCUT2D eigenvalue weighted by atomic mass is 9.86. The second-order valence-electron chi connectivity index (χ2n) is 6.79. The van der Waals surface area contributed by atoms with E-state index in [1.165, 1.54) is 11.8 Å². The Bertz CT molecular complexity index is 1010. The van der Waals surface area contributed by atoms with Crippen LogP contribution in [-0.2, 0) is 4.79 Å². The van der Waals surface area contributed by atoms with Crippen LogP contribution in [0.3, 0.4) is 0 Å².